The number of carbonyl (C=O) groups is 1. The third-order valence-electron chi connectivity index (χ3n) is 9.16. The van der Waals surface area contributed by atoms with Crippen molar-refractivity contribution in [1.82, 2.24) is 15.0 Å². The fraction of sp³-hybridized carbons (Fsp3) is 0.880. The molecule has 1 heterocycles. The molecule has 1 N–H and O–H groups in total. The second-order valence-corrected chi connectivity index (χ2v) is 11.2. The molecule has 0 amide bonds. The molecular weight excluding hydrogens is 390 g/mol. The normalized spacial score (nSPS) is 41.4. The number of aliphatic hydroxyl groups is 1. The lowest BCUT2D eigenvalue weighted by atomic mass is 9.48. The van der Waals surface area contributed by atoms with E-state index in [1.54, 1.807) is 17.1 Å². The van der Waals surface area contributed by atoms with E-state index in [1.807, 2.05) is 14.0 Å². The number of rotatable bonds is 5. The number of fused-ring (bicyclic) bond motifs is 3. The Morgan fingerprint density at radius 1 is 1.19 bits per heavy atom. The Balaban J connectivity index is 1.51. The minimum atomic E-state index is -0.530. The zero-order valence-corrected chi connectivity index (χ0v) is 19.6. The van der Waals surface area contributed by atoms with Crippen LogP contribution in [-0.4, -0.2) is 45.2 Å². The first-order valence-electron chi connectivity index (χ1n) is 12.4. The van der Waals surface area contributed by atoms with Crippen molar-refractivity contribution in [3.05, 3.63) is 12.4 Å². The largest absolute Gasteiger partial charge is 0.390 e. The molecule has 1 aromatic rings. The van der Waals surface area contributed by atoms with Gasteiger partial charge >= 0.3 is 0 Å². The number of methoxy groups -OCH3 is 1. The van der Waals surface area contributed by atoms with E-state index in [0.29, 0.717) is 36.0 Å². The van der Waals surface area contributed by atoms with Crippen LogP contribution in [0.25, 0.3) is 0 Å². The molecule has 0 saturated heterocycles. The molecule has 0 spiro atoms. The highest BCUT2D eigenvalue weighted by Gasteiger charge is 2.55. The highest BCUT2D eigenvalue weighted by Crippen LogP contribution is 2.60. The standard InChI is InChI=1S/C25H41N3O3/c1-18-7-8-19(23(29)16-28-14-13-26-27-28)5-4-6-22-21(18)10-9-20-15-24(2,30)11-12-25(20,22)17-31-3/h13-14,18-22,30H,4-12,15-17H2,1-3H3/t18-,19+,20-,21-,22?,24+,25+/m0/s1. The van der Waals surface area contributed by atoms with E-state index in [-0.39, 0.29) is 11.3 Å². The Kier molecular flexibility index (Phi) is 6.87. The van der Waals surface area contributed by atoms with Crippen molar-refractivity contribution in [3.8, 4) is 0 Å². The first-order chi connectivity index (χ1) is 14.8. The molecule has 0 bridgehead atoms. The average molecular weight is 432 g/mol. The van der Waals surface area contributed by atoms with E-state index in [9.17, 15) is 9.90 Å². The van der Waals surface area contributed by atoms with E-state index in [0.717, 1.165) is 51.6 Å². The smallest absolute Gasteiger partial charge is 0.157 e. The van der Waals surface area contributed by atoms with E-state index < -0.39 is 5.60 Å². The maximum Gasteiger partial charge on any atom is 0.157 e. The zero-order chi connectivity index (χ0) is 22.1. The van der Waals surface area contributed by atoms with Crippen LogP contribution in [0.5, 0.6) is 0 Å². The number of carbonyl (C=O) groups excluding carboxylic acids is 1. The Bertz CT molecular complexity index is 734. The SMILES string of the molecule is COC[C@]12CC[C@@](C)(O)C[C@@H]1CC[C@@H]1C2CCC[C@@H](C(=O)Cn2ccnn2)CC[C@@H]1C. The predicted octanol–water partition coefficient (Wildman–Crippen LogP) is 4.27. The summed E-state index contributed by atoms with van der Waals surface area (Å²) in [4.78, 5) is 13.0. The summed E-state index contributed by atoms with van der Waals surface area (Å²) in [6.45, 7) is 5.60. The molecule has 0 radical (unpaired) electrons. The number of Topliss-reactive ketones (excluding diaryl/α,β-unsaturated/α-hetero) is 1. The molecule has 0 aromatic carbocycles. The molecule has 3 saturated carbocycles. The van der Waals surface area contributed by atoms with Gasteiger partial charge in [-0.1, -0.05) is 18.6 Å². The summed E-state index contributed by atoms with van der Waals surface area (Å²) in [7, 11) is 1.85. The molecule has 4 rings (SSSR count). The van der Waals surface area contributed by atoms with Crippen molar-refractivity contribution in [2.45, 2.75) is 90.2 Å². The van der Waals surface area contributed by atoms with Gasteiger partial charge < -0.3 is 9.84 Å². The van der Waals surface area contributed by atoms with Gasteiger partial charge in [-0.15, -0.1) is 5.10 Å². The average Bonchev–Trinajstić information content (AvgIpc) is 3.25. The van der Waals surface area contributed by atoms with Gasteiger partial charge in [-0.05, 0) is 93.8 Å². The highest BCUT2D eigenvalue weighted by molar-refractivity contribution is 5.80. The van der Waals surface area contributed by atoms with Gasteiger partial charge in [0.1, 0.15) is 6.54 Å². The third kappa shape index (κ3) is 4.75. The van der Waals surface area contributed by atoms with E-state index in [2.05, 4.69) is 17.2 Å². The van der Waals surface area contributed by atoms with Crippen molar-refractivity contribution in [3.63, 3.8) is 0 Å². The first kappa shape index (κ1) is 22.9. The number of hydrogen-bond acceptors (Lipinski definition) is 5. The van der Waals surface area contributed by atoms with Gasteiger partial charge in [0, 0.05) is 19.2 Å². The van der Waals surface area contributed by atoms with Gasteiger partial charge in [-0.3, -0.25) is 4.79 Å². The van der Waals surface area contributed by atoms with Crippen LogP contribution in [0.15, 0.2) is 12.4 Å². The van der Waals surface area contributed by atoms with Gasteiger partial charge in [0.15, 0.2) is 5.78 Å². The Morgan fingerprint density at radius 3 is 2.77 bits per heavy atom. The van der Waals surface area contributed by atoms with E-state index in [4.69, 9.17) is 4.74 Å². The maximum atomic E-state index is 13.0. The van der Waals surface area contributed by atoms with Crippen LogP contribution in [0.1, 0.15) is 78.1 Å². The van der Waals surface area contributed by atoms with E-state index >= 15 is 0 Å². The maximum absolute atomic E-state index is 13.0. The second kappa shape index (κ2) is 9.30. The molecule has 31 heavy (non-hydrogen) atoms. The van der Waals surface area contributed by atoms with Crippen LogP contribution in [0.3, 0.4) is 0 Å². The Morgan fingerprint density at radius 2 is 2.03 bits per heavy atom. The molecule has 3 aliphatic rings. The molecule has 3 aliphatic carbocycles. The summed E-state index contributed by atoms with van der Waals surface area (Å²) in [5.41, 5.74) is -0.337. The molecule has 3 fully saturated rings. The molecule has 1 aromatic heterocycles. The van der Waals surface area contributed by atoms with Gasteiger partial charge in [0.05, 0.1) is 18.4 Å². The van der Waals surface area contributed by atoms with Crippen molar-refractivity contribution >= 4 is 5.78 Å². The molecular formula is C25H41N3O3. The first-order valence-corrected chi connectivity index (χ1v) is 12.4. The fourth-order valence-corrected chi connectivity index (χ4v) is 7.52. The van der Waals surface area contributed by atoms with Crippen LogP contribution >= 0.6 is 0 Å². The number of nitrogens with zero attached hydrogens (tertiary/aromatic N) is 3. The topological polar surface area (TPSA) is 77.2 Å². The number of aromatic nitrogens is 3. The second-order valence-electron chi connectivity index (χ2n) is 11.2. The lowest BCUT2D eigenvalue weighted by molar-refractivity contribution is -0.151. The number of ketones is 1. The van der Waals surface area contributed by atoms with Crippen molar-refractivity contribution in [1.29, 1.82) is 0 Å². The number of hydrogen-bond donors (Lipinski definition) is 1. The van der Waals surface area contributed by atoms with Gasteiger partial charge in [0.25, 0.3) is 0 Å². The summed E-state index contributed by atoms with van der Waals surface area (Å²) in [5.74, 6) is 2.96. The molecule has 7 atom stereocenters. The molecule has 6 heteroatoms. The Hall–Kier alpha value is -1.27. The highest BCUT2D eigenvalue weighted by atomic mass is 16.5. The molecule has 1 unspecified atom stereocenters. The monoisotopic (exact) mass is 431 g/mol. The zero-order valence-electron chi connectivity index (χ0n) is 19.6. The van der Waals surface area contributed by atoms with Gasteiger partial charge in [0.2, 0.25) is 0 Å². The van der Waals surface area contributed by atoms with Crippen molar-refractivity contribution < 1.29 is 14.6 Å². The summed E-state index contributed by atoms with van der Waals surface area (Å²) in [6, 6.07) is 0. The third-order valence-corrected chi connectivity index (χ3v) is 9.16. The summed E-state index contributed by atoms with van der Waals surface area (Å²) < 4.78 is 7.52. The van der Waals surface area contributed by atoms with E-state index in [1.165, 1.54) is 19.3 Å². The molecule has 6 nitrogen and oxygen atoms in total. The van der Waals surface area contributed by atoms with Crippen LogP contribution in [0.2, 0.25) is 0 Å². The molecule has 174 valence electrons. The predicted molar refractivity (Wildman–Crippen MR) is 119 cm³/mol. The van der Waals surface area contributed by atoms with Gasteiger partial charge in [-0.2, -0.15) is 0 Å². The van der Waals surface area contributed by atoms with Crippen LogP contribution < -0.4 is 0 Å². The molecule has 0 aliphatic heterocycles. The number of ether oxygens (including phenoxy) is 1. The van der Waals surface area contributed by atoms with Crippen LogP contribution in [-0.2, 0) is 16.1 Å². The lowest BCUT2D eigenvalue weighted by Crippen LogP contribution is -2.55. The van der Waals surface area contributed by atoms with Crippen LogP contribution in [0.4, 0.5) is 0 Å². The van der Waals surface area contributed by atoms with Crippen molar-refractivity contribution in [2.75, 3.05) is 13.7 Å². The van der Waals surface area contributed by atoms with Gasteiger partial charge in [-0.25, -0.2) is 4.68 Å². The Labute approximate surface area is 187 Å². The van der Waals surface area contributed by atoms with Crippen LogP contribution in [0, 0.1) is 35.0 Å². The quantitative estimate of drug-likeness (QED) is 0.753. The summed E-state index contributed by atoms with van der Waals surface area (Å²) in [6.07, 6.45) is 14.1. The summed E-state index contributed by atoms with van der Waals surface area (Å²) >= 11 is 0. The fourth-order valence-electron chi connectivity index (χ4n) is 7.52. The minimum absolute atomic E-state index is 0.132. The van der Waals surface area contributed by atoms with Crippen molar-refractivity contribution in [2.24, 2.45) is 35.0 Å². The minimum Gasteiger partial charge on any atom is -0.390 e. The summed E-state index contributed by atoms with van der Waals surface area (Å²) in [5, 5.41) is 18.6. The lowest BCUT2D eigenvalue weighted by Gasteiger charge is -2.59.